The van der Waals surface area contributed by atoms with Gasteiger partial charge in [-0.1, -0.05) is 35.5 Å². The van der Waals surface area contributed by atoms with Crippen LogP contribution in [-0.4, -0.2) is 25.3 Å². The summed E-state index contributed by atoms with van der Waals surface area (Å²) in [5.74, 6) is 1.84. The van der Waals surface area contributed by atoms with E-state index >= 15 is 0 Å². The number of nitrogens with one attached hydrogen (secondary N) is 1. The predicted molar refractivity (Wildman–Crippen MR) is 104 cm³/mol. The normalized spacial score (nSPS) is 14.4. The highest BCUT2D eigenvalue weighted by Crippen LogP contribution is 2.48. The van der Waals surface area contributed by atoms with Crippen molar-refractivity contribution in [2.24, 2.45) is 0 Å². The Bertz CT molecular complexity index is 977. The van der Waals surface area contributed by atoms with Crippen molar-refractivity contribution in [2.45, 2.75) is 24.8 Å². The standard InChI is InChI=1S/C22H22N2O4/c1-26-17-9-8-16(12-19(17)27-2)18-13-20(24-28-18)22(10-11-22)21(25)23-14-15-6-4-3-5-7-15/h3-9,12-13H,10-11,14H2,1-2H3,(H,23,25). The van der Waals surface area contributed by atoms with E-state index in [0.29, 0.717) is 29.5 Å². The largest absolute Gasteiger partial charge is 0.493 e. The zero-order chi connectivity index (χ0) is 19.6. The predicted octanol–water partition coefficient (Wildman–Crippen LogP) is 3.71. The van der Waals surface area contributed by atoms with Gasteiger partial charge in [-0.05, 0) is 36.6 Å². The smallest absolute Gasteiger partial charge is 0.232 e. The van der Waals surface area contributed by atoms with E-state index in [1.807, 2.05) is 54.6 Å². The lowest BCUT2D eigenvalue weighted by Gasteiger charge is -2.12. The van der Waals surface area contributed by atoms with E-state index in [1.165, 1.54) is 0 Å². The van der Waals surface area contributed by atoms with Gasteiger partial charge < -0.3 is 19.3 Å². The molecule has 3 aromatic rings. The average molecular weight is 378 g/mol. The molecule has 0 atom stereocenters. The van der Waals surface area contributed by atoms with E-state index in [-0.39, 0.29) is 5.91 Å². The highest BCUT2D eigenvalue weighted by Gasteiger charge is 2.53. The van der Waals surface area contributed by atoms with Crippen molar-refractivity contribution in [1.82, 2.24) is 10.5 Å². The minimum absolute atomic E-state index is 0.0106. The van der Waals surface area contributed by atoms with Crippen LogP contribution in [0.25, 0.3) is 11.3 Å². The van der Waals surface area contributed by atoms with Gasteiger partial charge in [-0.15, -0.1) is 0 Å². The number of benzene rings is 2. The summed E-state index contributed by atoms with van der Waals surface area (Å²) < 4.78 is 16.1. The third-order valence-electron chi connectivity index (χ3n) is 5.15. The molecule has 1 aliphatic rings. The Balaban J connectivity index is 1.51. The SMILES string of the molecule is COc1ccc(-c2cc(C3(C(=O)NCc4ccccc4)CC3)no2)cc1OC. The maximum atomic E-state index is 12.8. The molecule has 6 nitrogen and oxygen atoms in total. The molecule has 1 aromatic heterocycles. The zero-order valence-electron chi connectivity index (χ0n) is 15.9. The first-order valence-electron chi connectivity index (χ1n) is 9.18. The number of nitrogens with zero attached hydrogens (tertiary/aromatic N) is 1. The van der Waals surface area contributed by atoms with Gasteiger partial charge in [-0.25, -0.2) is 0 Å². The number of carbonyl (C=O) groups excluding carboxylic acids is 1. The van der Waals surface area contributed by atoms with Crippen molar-refractivity contribution in [2.75, 3.05) is 14.2 Å². The summed E-state index contributed by atoms with van der Waals surface area (Å²) in [4.78, 5) is 12.8. The van der Waals surface area contributed by atoms with E-state index in [1.54, 1.807) is 14.2 Å². The van der Waals surface area contributed by atoms with Crippen molar-refractivity contribution < 1.29 is 18.8 Å². The first-order valence-corrected chi connectivity index (χ1v) is 9.18. The lowest BCUT2D eigenvalue weighted by molar-refractivity contribution is -0.123. The zero-order valence-corrected chi connectivity index (χ0v) is 15.9. The first kappa shape index (κ1) is 18.1. The number of hydrogen-bond donors (Lipinski definition) is 1. The maximum absolute atomic E-state index is 12.8. The Kier molecular flexibility index (Phi) is 4.77. The highest BCUT2D eigenvalue weighted by atomic mass is 16.5. The van der Waals surface area contributed by atoms with Gasteiger partial charge in [0, 0.05) is 18.2 Å². The number of ether oxygens (including phenoxy) is 2. The van der Waals surface area contributed by atoms with Crippen LogP contribution in [0.2, 0.25) is 0 Å². The van der Waals surface area contributed by atoms with Crippen LogP contribution in [0.4, 0.5) is 0 Å². The van der Waals surface area contributed by atoms with Crippen molar-refractivity contribution in [3.8, 4) is 22.8 Å². The molecule has 1 saturated carbocycles. The van der Waals surface area contributed by atoms with Crippen LogP contribution in [0.5, 0.6) is 11.5 Å². The fourth-order valence-corrected chi connectivity index (χ4v) is 3.30. The molecule has 0 radical (unpaired) electrons. The molecule has 1 N–H and O–H groups in total. The Morgan fingerprint density at radius 2 is 1.82 bits per heavy atom. The molecular weight excluding hydrogens is 356 g/mol. The number of carbonyl (C=O) groups is 1. The van der Waals surface area contributed by atoms with Gasteiger partial charge in [0.1, 0.15) is 0 Å². The third kappa shape index (κ3) is 3.33. The maximum Gasteiger partial charge on any atom is 0.232 e. The molecule has 1 aliphatic carbocycles. The fourth-order valence-electron chi connectivity index (χ4n) is 3.30. The topological polar surface area (TPSA) is 73.6 Å². The van der Waals surface area contributed by atoms with E-state index in [2.05, 4.69) is 10.5 Å². The van der Waals surface area contributed by atoms with Crippen LogP contribution in [0.3, 0.4) is 0 Å². The Morgan fingerprint density at radius 1 is 1.07 bits per heavy atom. The molecule has 0 aliphatic heterocycles. The highest BCUT2D eigenvalue weighted by molar-refractivity contribution is 5.91. The van der Waals surface area contributed by atoms with E-state index < -0.39 is 5.41 Å². The van der Waals surface area contributed by atoms with Crippen molar-refractivity contribution in [3.05, 3.63) is 65.9 Å². The molecule has 28 heavy (non-hydrogen) atoms. The van der Waals surface area contributed by atoms with Crippen LogP contribution < -0.4 is 14.8 Å². The Labute approximate surface area is 163 Å². The molecule has 1 heterocycles. The molecule has 6 heteroatoms. The van der Waals surface area contributed by atoms with Gasteiger partial charge in [-0.3, -0.25) is 4.79 Å². The van der Waals surface area contributed by atoms with Crippen molar-refractivity contribution in [1.29, 1.82) is 0 Å². The average Bonchev–Trinajstić information content (AvgIpc) is 3.41. The summed E-state index contributed by atoms with van der Waals surface area (Å²) in [5, 5.41) is 7.22. The lowest BCUT2D eigenvalue weighted by Crippen LogP contribution is -2.34. The minimum Gasteiger partial charge on any atom is -0.493 e. The molecular formula is C22H22N2O4. The van der Waals surface area contributed by atoms with Gasteiger partial charge in [0.25, 0.3) is 0 Å². The molecule has 0 spiro atoms. The van der Waals surface area contributed by atoms with E-state index in [0.717, 1.165) is 24.0 Å². The quantitative estimate of drug-likeness (QED) is 0.678. The Morgan fingerprint density at radius 3 is 2.50 bits per heavy atom. The van der Waals surface area contributed by atoms with Crippen LogP contribution >= 0.6 is 0 Å². The number of hydrogen-bond acceptors (Lipinski definition) is 5. The summed E-state index contributed by atoms with van der Waals surface area (Å²) >= 11 is 0. The molecule has 0 unspecified atom stereocenters. The lowest BCUT2D eigenvalue weighted by atomic mass is 10.00. The number of amides is 1. The molecule has 2 aromatic carbocycles. The van der Waals surface area contributed by atoms with E-state index in [4.69, 9.17) is 14.0 Å². The molecule has 0 bridgehead atoms. The summed E-state index contributed by atoms with van der Waals surface area (Å²) in [6, 6.07) is 17.2. The molecule has 144 valence electrons. The van der Waals surface area contributed by atoms with Crippen molar-refractivity contribution in [3.63, 3.8) is 0 Å². The summed E-state index contributed by atoms with van der Waals surface area (Å²) in [6.45, 7) is 0.502. The van der Waals surface area contributed by atoms with Crippen LogP contribution in [0.15, 0.2) is 59.1 Å². The minimum atomic E-state index is -0.590. The number of rotatable bonds is 7. The monoisotopic (exact) mass is 378 g/mol. The van der Waals surface area contributed by atoms with Gasteiger partial charge in [0.15, 0.2) is 17.3 Å². The number of aromatic nitrogens is 1. The van der Waals surface area contributed by atoms with Crippen LogP contribution in [-0.2, 0) is 16.8 Å². The van der Waals surface area contributed by atoms with Crippen molar-refractivity contribution >= 4 is 5.91 Å². The van der Waals surface area contributed by atoms with Gasteiger partial charge in [-0.2, -0.15) is 0 Å². The third-order valence-corrected chi connectivity index (χ3v) is 5.15. The molecule has 1 amide bonds. The second-order valence-corrected chi connectivity index (χ2v) is 6.90. The summed E-state index contributed by atoms with van der Waals surface area (Å²) in [5.41, 5.74) is 1.96. The van der Waals surface area contributed by atoms with Gasteiger partial charge >= 0.3 is 0 Å². The van der Waals surface area contributed by atoms with Gasteiger partial charge in [0.2, 0.25) is 5.91 Å². The second-order valence-electron chi connectivity index (χ2n) is 6.90. The number of methoxy groups -OCH3 is 2. The van der Waals surface area contributed by atoms with Crippen LogP contribution in [0, 0.1) is 0 Å². The summed E-state index contributed by atoms with van der Waals surface area (Å²) in [7, 11) is 3.18. The molecule has 4 rings (SSSR count). The molecule has 1 fully saturated rings. The fraction of sp³-hybridized carbons (Fsp3) is 0.273. The van der Waals surface area contributed by atoms with Gasteiger partial charge in [0.05, 0.1) is 25.3 Å². The first-order chi connectivity index (χ1) is 13.7. The van der Waals surface area contributed by atoms with E-state index in [9.17, 15) is 4.79 Å². The summed E-state index contributed by atoms with van der Waals surface area (Å²) in [6.07, 6.45) is 1.54. The molecule has 0 saturated heterocycles. The second kappa shape index (κ2) is 7.38. The Hall–Kier alpha value is -3.28. The van der Waals surface area contributed by atoms with Crippen LogP contribution in [0.1, 0.15) is 24.1 Å².